The molecule has 1 aliphatic heterocycles. The van der Waals surface area contributed by atoms with E-state index in [1.165, 1.54) is 25.7 Å². The third-order valence-corrected chi connectivity index (χ3v) is 4.78. The molecular weight excluding hydrogens is 148 g/mol. The zero-order chi connectivity index (χ0) is 7.71. The fourth-order valence-corrected chi connectivity index (χ4v) is 4.50. The Bertz CT molecular complexity index is 237. The van der Waals surface area contributed by atoms with Crippen LogP contribution in [0.4, 0.5) is 0 Å². The highest BCUT2D eigenvalue weighted by atomic mass is 15.2. The van der Waals surface area contributed by atoms with Gasteiger partial charge in [0, 0.05) is 0 Å². The van der Waals surface area contributed by atoms with Crippen LogP contribution in [0, 0.1) is 23.7 Å². The van der Waals surface area contributed by atoms with Crippen molar-refractivity contribution >= 4 is 0 Å². The molecule has 64 valence electrons. The van der Waals surface area contributed by atoms with E-state index in [-0.39, 0.29) is 0 Å². The Morgan fingerprint density at radius 2 is 1.33 bits per heavy atom. The van der Waals surface area contributed by atoms with Gasteiger partial charge in [-0.2, -0.15) is 10.2 Å². The molecule has 12 heavy (non-hydrogen) atoms. The number of rotatable bonds is 0. The van der Waals surface area contributed by atoms with E-state index in [1.807, 2.05) is 0 Å². The number of hydrogen-bond donors (Lipinski definition) is 0. The smallest absolute Gasteiger partial charge is 0.0763 e. The zero-order valence-electron chi connectivity index (χ0n) is 7.19. The predicted octanol–water partition coefficient (Wildman–Crippen LogP) is 2.26. The number of nitrogens with zero attached hydrogens (tertiary/aromatic N) is 2. The molecule has 0 N–H and O–H groups in total. The molecule has 2 heteroatoms. The summed E-state index contributed by atoms with van der Waals surface area (Å²) < 4.78 is 0. The van der Waals surface area contributed by atoms with Gasteiger partial charge in [-0.15, -0.1) is 0 Å². The summed E-state index contributed by atoms with van der Waals surface area (Å²) in [4.78, 5) is 0. The standard InChI is InChI=1S/C10H14N2/c1-2-6-3-5(1)9-7-4-8(10(6)9)12-11-7/h5-10H,1-4H2. The minimum Gasteiger partial charge on any atom is -0.190 e. The first-order valence-electron chi connectivity index (χ1n) is 5.33. The number of fused-ring (bicyclic) bond motifs is 9. The molecule has 4 bridgehead atoms. The Kier molecular flexibility index (Phi) is 0.894. The summed E-state index contributed by atoms with van der Waals surface area (Å²) in [5.74, 6) is 4.06. The van der Waals surface area contributed by atoms with Crippen LogP contribution in [0.2, 0.25) is 0 Å². The first-order chi connectivity index (χ1) is 5.93. The molecule has 0 spiro atoms. The van der Waals surface area contributed by atoms with Crippen LogP contribution < -0.4 is 0 Å². The summed E-state index contributed by atoms with van der Waals surface area (Å²) in [6.07, 6.45) is 5.84. The predicted molar refractivity (Wildman–Crippen MR) is 44.9 cm³/mol. The molecule has 6 unspecified atom stereocenters. The summed E-state index contributed by atoms with van der Waals surface area (Å²) in [5, 5.41) is 8.78. The molecule has 4 rings (SSSR count). The van der Waals surface area contributed by atoms with Crippen LogP contribution in [0.5, 0.6) is 0 Å². The van der Waals surface area contributed by atoms with Crippen LogP contribution in [0.3, 0.4) is 0 Å². The van der Waals surface area contributed by atoms with E-state index >= 15 is 0 Å². The molecule has 2 nitrogen and oxygen atoms in total. The second-order valence-electron chi connectivity index (χ2n) is 5.09. The second-order valence-corrected chi connectivity index (χ2v) is 5.09. The average Bonchev–Trinajstić information content (AvgIpc) is 2.83. The van der Waals surface area contributed by atoms with Crippen LogP contribution in [0.1, 0.15) is 25.7 Å². The second kappa shape index (κ2) is 1.75. The van der Waals surface area contributed by atoms with Crippen molar-refractivity contribution in [1.29, 1.82) is 0 Å². The van der Waals surface area contributed by atoms with Crippen molar-refractivity contribution in [2.75, 3.05) is 0 Å². The highest BCUT2D eigenvalue weighted by Crippen LogP contribution is 2.61. The lowest BCUT2D eigenvalue weighted by Gasteiger charge is -2.30. The van der Waals surface area contributed by atoms with E-state index in [9.17, 15) is 0 Å². The number of azo groups is 1. The summed E-state index contributed by atoms with van der Waals surface area (Å²) >= 11 is 0. The number of hydrogen-bond acceptors (Lipinski definition) is 2. The van der Waals surface area contributed by atoms with Gasteiger partial charge in [0.1, 0.15) is 0 Å². The quantitative estimate of drug-likeness (QED) is 0.488. The van der Waals surface area contributed by atoms with Gasteiger partial charge in [0.15, 0.2) is 0 Å². The maximum Gasteiger partial charge on any atom is 0.0763 e. The molecule has 3 saturated carbocycles. The molecule has 4 aliphatic rings. The molecule has 0 aromatic carbocycles. The Morgan fingerprint density at radius 3 is 1.92 bits per heavy atom. The largest absolute Gasteiger partial charge is 0.190 e. The van der Waals surface area contributed by atoms with Gasteiger partial charge in [-0.05, 0) is 49.4 Å². The summed E-state index contributed by atoms with van der Waals surface area (Å²) in [6.45, 7) is 0. The third-order valence-electron chi connectivity index (χ3n) is 4.78. The molecule has 0 radical (unpaired) electrons. The summed E-state index contributed by atoms with van der Waals surface area (Å²) in [7, 11) is 0. The van der Waals surface area contributed by atoms with Gasteiger partial charge in [0.05, 0.1) is 12.1 Å². The lowest BCUT2D eigenvalue weighted by Crippen LogP contribution is -2.29. The Balaban J connectivity index is 1.82. The highest BCUT2D eigenvalue weighted by Gasteiger charge is 2.59. The average molecular weight is 162 g/mol. The first kappa shape index (κ1) is 6.11. The third kappa shape index (κ3) is 0.502. The van der Waals surface area contributed by atoms with Gasteiger partial charge in [0.2, 0.25) is 0 Å². The van der Waals surface area contributed by atoms with E-state index in [0.29, 0.717) is 12.1 Å². The molecule has 0 aromatic heterocycles. The van der Waals surface area contributed by atoms with Crippen molar-refractivity contribution in [3.63, 3.8) is 0 Å². The fourth-order valence-electron chi connectivity index (χ4n) is 4.50. The Morgan fingerprint density at radius 1 is 0.750 bits per heavy atom. The monoisotopic (exact) mass is 162 g/mol. The lowest BCUT2D eigenvalue weighted by molar-refractivity contribution is 0.209. The van der Waals surface area contributed by atoms with Gasteiger partial charge in [0.25, 0.3) is 0 Å². The van der Waals surface area contributed by atoms with Crippen molar-refractivity contribution in [2.24, 2.45) is 33.9 Å². The molecule has 6 atom stereocenters. The van der Waals surface area contributed by atoms with Crippen molar-refractivity contribution < 1.29 is 0 Å². The topological polar surface area (TPSA) is 24.7 Å². The molecule has 3 fully saturated rings. The van der Waals surface area contributed by atoms with E-state index in [1.54, 1.807) is 0 Å². The van der Waals surface area contributed by atoms with Crippen LogP contribution >= 0.6 is 0 Å². The van der Waals surface area contributed by atoms with Crippen molar-refractivity contribution in [1.82, 2.24) is 0 Å². The van der Waals surface area contributed by atoms with Crippen LogP contribution in [-0.2, 0) is 0 Å². The van der Waals surface area contributed by atoms with Crippen LogP contribution in [0.25, 0.3) is 0 Å². The molecule has 0 saturated heterocycles. The van der Waals surface area contributed by atoms with Gasteiger partial charge in [-0.3, -0.25) is 0 Å². The highest BCUT2D eigenvalue weighted by molar-refractivity contribution is 5.12. The van der Waals surface area contributed by atoms with E-state index < -0.39 is 0 Å². The van der Waals surface area contributed by atoms with Crippen molar-refractivity contribution in [2.45, 2.75) is 37.8 Å². The molecule has 0 aromatic rings. The van der Waals surface area contributed by atoms with Crippen molar-refractivity contribution in [3.05, 3.63) is 0 Å². The van der Waals surface area contributed by atoms with Crippen LogP contribution in [0.15, 0.2) is 10.2 Å². The molecular formula is C10H14N2. The van der Waals surface area contributed by atoms with E-state index in [4.69, 9.17) is 0 Å². The fraction of sp³-hybridized carbons (Fsp3) is 1.00. The van der Waals surface area contributed by atoms with Crippen molar-refractivity contribution in [3.8, 4) is 0 Å². The Labute approximate surface area is 72.4 Å². The maximum absolute atomic E-state index is 4.39. The maximum atomic E-state index is 4.39. The van der Waals surface area contributed by atoms with Gasteiger partial charge in [-0.25, -0.2) is 0 Å². The first-order valence-corrected chi connectivity index (χ1v) is 5.33. The molecule has 0 amide bonds. The SMILES string of the molecule is C1CC2CC1C1C3CC(N=N3)C21. The Hall–Kier alpha value is -0.400. The lowest BCUT2D eigenvalue weighted by atomic mass is 9.79. The van der Waals surface area contributed by atoms with Crippen LogP contribution in [-0.4, -0.2) is 12.1 Å². The van der Waals surface area contributed by atoms with E-state index in [0.717, 1.165) is 23.7 Å². The molecule has 3 aliphatic carbocycles. The zero-order valence-corrected chi connectivity index (χ0v) is 7.19. The summed E-state index contributed by atoms with van der Waals surface area (Å²) in [5.41, 5.74) is 0. The normalized spacial score (nSPS) is 64.7. The minimum absolute atomic E-state index is 0.662. The van der Waals surface area contributed by atoms with Gasteiger partial charge >= 0.3 is 0 Å². The van der Waals surface area contributed by atoms with Gasteiger partial charge in [-0.1, -0.05) is 0 Å². The summed E-state index contributed by atoms with van der Waals surface area (Å²) in [6, 6.07) is 1.32. The molecule has 1 heterocycles. The van der Waals surface area contributed by atoms with Gasteiger partial charge < -0.3 is 0 Å². The van der Waals surface area contributed by atoms with E-state index in [2.05, 4.69) is 10.2 Å². The minimum atomic E-state index is 0.662.